The largest absolute Gasteiger partial charge is 0.0355 e. The monoisotopic (exact) mass is 564 g/mol. The van der Waals surface area contributed by atoms with Crippen LogP contribution in [0.2, 0.25) is 0 Å². The van der Waals surface area contributed by atoms with Gasteiger partial charge >= 0.3 is 111 Å². The molecule has 0 saturated heterocycles. The molecule has 0 saturated carbocycles. The van der Waals surface area contributed by atoms with Gasteiger partial charge in [0.15, 0.2) is 0 Å². The van der Waals surface area contributed by atoms with Crippen LogP contribution in [-0.2, 0) is 19.0 Å². The first-order valence-electron chi connectivity index (χ1n) is 7.72. The van der Waals surface area contributed by atoms with Gasteiger partial charge in [0.2, 0.25) is 0 Å². The van der Waals surface area contributed by atoms with Gasteiger partial charge in [0.25, 0.3) is 0 Å². The van der Waals surface area contributed by atoms with Crippen LogP contribution in [0, 0.1) is 0 Å². The van der Waals surface area contributed by atoms with Crippen LogP contribution in [0.3, 0.4) is 0 Å². The van der Waals surface area contributed by atoms with Crippen LogP contribution >= 0.6 is 18.6 Å². The fourth-order valence-corrected chi connectivity index (χ4v) is 2.80. The minimum atomic E-state index is -0.380. The molecule has 0 spiro atoms. The summed E-state index contributed by atoms with van der Waals surface area (Å²) in [5.41, 5.74) is 6.35. The number of unbranched alkanes of at least 4 members (excludes halogenated alkanes) is 1. The molecule has 8 heteroatoms. The minimum Gasteiger partial charge on any atom is -0.0355 e. The molecule has 0 amide bonds. The number of rotatable bonds is 15. The van der Waals surface area contributed by atoms with Crippen LogP contribution in [0.5, 0.6) is 5.75 Å². The van der Waals surface area contributed by atoms with E-state index < -0.39 is 0 Å². The Balaban J connectivity index is 1.79. The fraction of sp³-hybridized carbons (Fsp3) is 0.562. The molecule has 1 aromatic rings. The van der Waals surface area contributed by atoms with Gasteiger partial charge in [0.1, 0.15) is 5.75 Å². The third-order valence-corrected chi connectivity index (χ3v) is 6.69. The second-order valence-corrected chi connectivity index (χ2v) is 9.17. The molecule has 0 radical (unpaired) electrons. The fourth-order valence-electron chi connectivity index (χ4n) is 1.67. The number of anilines is 1. The Morgan fingerprint density at radius 3 is 2.17 bits per heavy atom. The number of benzene rings is 1. The first-order valence-corrected chi connectivity index (χ1v) is 15.1. The van der Waals surface area contributed by atoms with E-state index in [0.717, 1.165) is 24.3 Å². The molecule has 0 aliphatic carbocycles. The van der Waals surface area contributed by atoms with Crippen molar-refractivity contribution in [1.82, 2.24) is 0 Å². The summed E-state index contributed by atoms with van der Waals surface area (Å²) < 4.78 is 21.8. The number of halogens is 2. The third kappa shape index (κ3) is 12.2. The van der Waals surface area contributed by atoms with E-state index in [-0.39, 0.29) is 27.6 Å². The molecule has 0 heterocycles. The third-order valence-electron chi connectivity index (χ3n) is 2.87. The SMILES string of the molecule is Nc1ccc(OCCCCOCCOCCOCC(=O)[I-]I)cc1. The number of ether oxygens (including phenoxy) is 4. The molecule has 0 aliphatic heterocycles. The second-order valence-electron chi connectivity index (χ2n) is 4.83. The van der Waals surface area contributed by atoms with Crippen molar-refractivity contribution < 1.29 is 41.0 Å². The number of carbonyl (C=O) groups excluding carboxylic acids is 1. The van der Waals surface area contributed by atoms with Gasteiger partial charge in [-0.2, -0.15) is 0 Å². The predicted octanol–water partition coefficient (Wildman–Crippen LogP) is -0.557. The summed E-state index contributed by atoms with van der Waals surface area (Å²) in [5.74, 6) is 0.836. The van der Waals surface area contributed by atoms with Crippen LogP contribution in [0.4, 0.5) is 5.69 Å². The Bertz CT molecular complexity index is 445. The van der Waals surface area contributed by atoms with Crippen LogP contribution in [0.25, 0.3) is 0 Å². The Morgan fingerprint density at radius 1 is 0.917 bits per heavy atom. The van der Waals surface area contributed by atoms with Gasteiger partial charge in [-0.05, 0) is 24.3 Å². The first kappa shape index (κ1) is 21.9. The zero-order chi connectivity index (χ0) is 17.5. The number of hydrogen-bond acceptors (Lipinski definition) is 6. The minimum absolute atomic E-state index is 0.207. The summed E-state index contributed by atoms with van der Waals surface area (Å²) in [6.45, 7) is 3.63. The molecule has 0 atom stereocenters. The molecule has 0 fully saturated rings. The summed E-state index contributed by atoms with van der Waals surface area (Å²) in [6.07, 6.45) is 1.88. The quantitative estimate of drug-likeness (QED) is 0.133. The number of nitrogens with two attached hydrogens (primary N) is 1. The molecule has 1 aromatic carbocycles. The van der Waals surface area contributed by atoms with E-state index in [2.05, 4.69) is 18.6 Å². The van der Waals surface area contributed by atoms with E-state index in [1.165, 1.54) is 0 Å². The smallest absolute Gasteiger partial charge is 0.0179 e. The van der Waals surface area contributed by atoms with E-state index >= 15 is 0 Å². The Labute approximate surface area is 163 Å². The summed E-state index contributed by atoms with van der Waals surface area (Å²) in [4.78, 5) is 11.0. The van der Waals surface area contributed by atoms with Crippen molar-refractivity contribution in [2.24, 2.45) is 0 Å². The summed E-state index contributed by atoms with van der Waals surface area (Å²) in [5, 5.41) is 0. The van der Waals surface area contributed by atoms with E-state index in [1.807, 2.05) is 24.3 Å². The van der Waals surface area contributed by atoms with Crippen molar-refractivity contribution in [3.63, 3.8) is 0 Å². The molecule has 0 aliphatic rings. The average Bonchev–Trinajstić information content (AvgIpc) is 2.60. The zero-order valence-electron chi connectivity index (χ0n) is 13.5. The van der Waals surface area contributed by atoms with Gasteiger partial charge in [0.05, 0.1) is 6.61 Å². The second kappa shape index (κ2) is 15.1. The normalized spacial score (nSPS) is 10.9. The van der Waals surface area contributed by atoms with Gasteiger partial charge < -0.3 is 10.5 Å². The molecule has 0 aromatic heterocycles. The molecule has 6 nitrogen and oxygen atoms in total. The molecule has 2 N–H and O–H groups in total. The van der Waals surface area contributed by atoms with Crippen molar-refractivity contribution in [1.29, 1.82) is 0 Å². The van der Waals surface area contributed by atoms with E-state index in [4.69, 9.17) is 24.7 Å². The van der Waals surface area contributed by atoms with Gasteiger partial charge in [-0.25, -0.2) is 0 Å². The van der Waals surface area contributed by atoms with Crippen molar-refractivity contribution >= 4 is 28.1 Å². The molecule has 0 unspecified atom stereocenters. The average molecular weight is 564 g/mol. The van der Waals surface area contributed by atoms with Crippen LogP contribution in [-0.4, -0.2) is 50.0 Å². The van der Waals surface area contributed by atoms with Crippen LogP contribution in [0.1, 0.15) is 12.8 Å². The molecule has 138 valence electrons. The summed E-state index contributed by atoms with van der Waals surface area (Å²) in [7, 11) is 0. The maximum atomic E-state index is 11.0. The van der Waals surface area contributed by atoms with E-state index in [9.17, 15) is 4.79 Å². The summed E-state index contributed by atoms with van der Waals surface area (Å²) in [6, 6.07) is 7.39. The Hall–Kier alpha value is -0.170. The maximum absolute atomic E-state index is 11.0. The molecular weight excluding hydrogens is 540 g/mol. The summed E-state index contributed by atoms with van der Waals surface area (Å²) >= 11 is 1.75. The Morgan fingerprint density at radius 2 is 1.50 bits per heavy atom. The predicted molar refractivity (Wildman–Crippen MR) is 97.1 cm³/mol. The first-order chi connectivity index (χ1) is 11.7. The molecule has 0 bridgehead atoms. The standard InChI is InChI=1S/C16H24I2NO5/c17-18-16(20)13-23-12-11-22-10-9-21-7-1-2-8-24-15-5-3-14(19)4-6-15/h3-6H,1-2,7-13,19H2/q-1. The van der Waals surface area contributed by atoms with E-state index in [0.29, 0.717) is 39.6 Å². The van der Waals surface area contributed by atoms with Crippen LogP contribution < -0.4 is 27.7 Å². The Kier molecular flexibility index (Phi) is 13.8. The van der Waals surface area contributed by atoms with Crippen molar-refractivity contribution in [2.45, 2.75) is 12.8 Å². The molecule has 1 rings (SSSR count). The number of nitrogen functional groups attached to an aromatic ring is 1. The van der Waals surface area contributed by atoms with Gasteiger partial charge in [-0.1, -0.05) is 0 Å². The van der Waals surface area contributed by atoms with Gasteiger partial charge in [-0.3, -0.25) is 0 Å². The van der Waals surface area contributed by atoms with E-state index in [1.54, 1.807) is 0 Å². The topological polar surface area (TPSA) is 80.0 Å². The van der Waals surface area contributed by atoms with Crippen molar-refractivity contribution in [2.75, 3.05) is 52.0 Å². The molecule has 24 heavy (non-hydrogen) atoms. The molecular formula is C16H24I2NO5-. The maximum Gasteiger partial charge on any atom is -0.0179 e. The van der Waals surface area contributed by atoms with Crippen LogP contribution in [0.15, 0.2) is 24.3 Å². The van der Waals surface area contributed by atoms with Gasteiger partial charge in [-0.15, -0.1) is 0 Å². The number of hydrogen-bond donors (Lipinski definition) is 1. The van der Waals surface area contributed by atoms with Crippen molar-refractivity contribution in [3.8, 4) is 5.75 Å². The van der Waals surface area contributed by atoms with Crippen molar-refractivity contribution in [3.05, 3.63) is 24.3 Å². The number of carbonyl (C=O) groups is 1. The zero-order valence-corrected chi connectivity index (χ0v) is 17.9. The van der Waals surface area contributed by atoms with Gasteiger partial charge in [0, 0.05) is 5.69 Å².